The molecule has 0 aliphatic heterocycles. The van der Waals surface area contributed by atoms with E-state index in [1.807, 2.05) is 0 Å². The van der Waals surface area contributed by atoms with Gasteiger partial charge in [0.05, 0.1) is 10.7 Å². The van der Waals surface area contributed by atoms with Crippen molar-refractivity contribution in [3.05, 3.63) is 58.9 Å². The van der Waals surface area contributed by atoms with Gasteiger partial charge in [-0.1, -0.05) is 36.0 Å². The summed E-state index contributed by atoms with van der Waals surface area (Å²) in [5, 5.41) is -0.0864. The molecule has 0 bridgehead atoms. The van der Waals surface area contributed by atoms with E-state index in [9.17, 15) is 12.8 Å². The Hall–Kier alpha value is -1.70. The summed E-state index contributed by atoms with van der Waals surface area (Å²) in [5.74, 6) is -0.706. The van der Waals surface area contributed by atoms with Crippen molar-refractivity contribution in [2.24, 2.45) is 5.73 Å². The van der Waals surface area contributed by atoms with Gasteiger partial charge in [-0.3, -0.25) is 4.72 Å². The average molecular weight is 345 g/mol. The van der Waals surface area contributed by atoms with Gasteiger partial charge in [-0.15, -0.1) is 0 Å². The Balaban J connectivity index is 2.48. The summed E-state index contributed by atoms with van der Waals surface area (Å²) in [5.41, 5.74) is 6.10. The van der Waals surface area contributed by atoms with Crippen LogP contribution in [0.5, 0.6) is 0 Å². The number of hydrogen-bond acceptors (Lipinski definition) is 3. The third kappa shape index (κ3) is 3.49. The van der Waals surface area contributed by atoms with Crippen molar-refractivity contribution in [3.63, 3.8) is 0 Å². The smallest absolute Gasteiger partial charge is 0.263 e. The van der Waals surface area contributed by atoms with Crippen LogP contribution in [0.1, 0.15) is 5.56 Å². The van der Waals surface area contributed by atoms with Crippen LogP contribution in [0.3, 0.4) is 0 Å². The number of rotatable bonds is 4. The van der Waals surface area contributed by atoms with Crippen molar-refractivity contribution >= 4 is 44.5 Å². The summed E-state index contributed by atoms with van der Waals surface area (Å²) in [7, 11) is -4.06. The lowest BCUT2D eigenvalue weighted by molar-refractivity contribution is 0.595. The Morgan fingerprint density at radius 3 is 2.57 bits per heavy atom. The van der Waals surface area contributed by atoms with Crippen LogP contribution in [0.4, 0.5) is 10.1 Å². The maximum Gasteiger partial charge on any atom is 0.263 e. The number of thiocarbonyl (C=S) groups is 1. The highest BCUT2D eigenvalue weighted by molar-refractivity contribution is 7.92. The van der Waals surface area contributed by atoms with Crippen molar-refractivity contribution in [2.45, 2.75) is 4.90 Å². The van der Waals surface area contributed by atoms with E-state index < -0.39 is 15.8 Å². The zero-order valence-corrected chi connectivity index (χ0v) is 12.9. The highest BCUT2D eigenvalue weighted by Crippen LogP contribution is 2.26. The summed E-state index contributed by atoms with van der Waals surface area (Å²) in [6.45, 7) is 0. The predicted molar refractivity (Wildman–Crippen MR) is 84.5 cm³/mol. The summed E-state index contributed by atoms with van der Waals surface area (Å²) in [4.78, 5) is -0.319. The van der Waals surface area contributed by atoms with Crippen LogP contribution >= 0.6 is 23.8 Å². The van der Waals surface area contributed by atoms with Crippen molar-refractivity contribution in [3.8, 4) is 0 Å². The minimum Gasteiger partial charge on any atom is -0.389 e. The van der Waals surface area contributed by atoms with Crippen LogP contribution < -0.4 is 10.5 Å². The molecule has 2 rings (SSSR count). The molecule has 0 radical (unpaired) electrons. The normalized spacial score (nSPS) is 11.1. The molecule has 0 saturated heterocycles. The van der Waals surface area contributed by atoms with Gasteiger partial charge in [-0.2, -0.15) is 0 Å². The first-order valence-electron chi connectivity index (χ1n) is 5.68. The van der Waals surface area contributed by atoms with Crippen LogP contribution in [0.25, 0.3) is 0 Å². The molecule has 2 aromatic rings. The zero-order chi connectivity index (χ0) is 15.6. The number of para-hydroxylation sites is 1. The molecule has 8 heteroatoms. The van der Waals surface area contributed by atoms with E-state index >= 15 is 0 Å². The van der Waals surface area contributed by atoms with Gasteiger partial charge in [0.15, 0.2) is 0 Å². The van der Waals surface area contributed by atoms with E-state index in [0.717, 1.165) is 12.1 Å². The van der Waals surface area contributed by atoms with E-state index in [4.69, 9.17) is 29.6 Å². The van der Waals surface area contributed by atoms with Gasteiger partial charge in [-0.05, 0) is 30.3 Å². The van der Waals surface area contributed by atoms with Crippen LogP contribution in [-0.4, -0.2) is 13.4 Å². The standard InChI is InChI=1S/C13H10ClFN2O2S2/c14-10-6-5-8(15)7-12(10)21(18,19)17-11-4-2-1-3-9(11)13(16)20/h1-7,17H,(H2,16,20). The maximum atomic E-state index is 13.2. The topological polar surface area (TPSA) is 72.2 Å². The fourth-order valence-corrected chi connectivity index (χ4v) is 3.44. The van der Waals surface area contributed by atoms with Crippen molar-refractivity contribution in [2.75, 3.05) is 4.72 Å². The fourth-order valence-electron chi connectivity index (χ4n) is 1.67. The van der Waals surface area contributed by atoms with Gasteiger partial charge in [-0.25, -0.2) is 12.8 Å². The second-order valence-electron chi connectivity index (χ2n) is 4.09. The minimum atomic E-state index is -4.06. The quantitative estimate of drug-likeness (QED) is 0.836. The Bertz CT molecular complexity index is 810. The third-order valence-electron chi connectivity index (χ3n) is 2.62. The van der Waals surface area contributed by atoms with Gasteiger partial charge in [0.1, 0.15) is 15.7 Å². The Kier molecular flexibility index (Phi) is 4.46. The van der Waals surface area contributed by atoms with Gasteiger partial charge < -0.3 is 5.73 Å². The van der Waals surface area contributed by atoms with E-state index in [1.165, 1.54) is 12.1 Å². The lowest BCUT2D eigenvalue weighted by Crippen LogP contribution is -2.18. The molecule has 0 unspecified atom stereocenters. The highest BCUT2D eigenvalue weighted by Gasteiger charge is 2.20. The highest BCUT2D eigenvalue weighted by atomic mass is 35.5. The second-order valence-corrected chi connectivity index (χ2v) is 6.59. The molecule has 0 aliphatic rings. The first kappa shape index (κ1) is 15.7. The number of hydrogen-bond donors (Lipinski definition) is 2. The largest absolute Gasteiger partial charge is 0.389 e. The van der Waals surface area contributed by atoms with Crippen LogP contribution in [0.15, 0.2) is 47.4 Å². The molecule has 0 amide bonds. The first-order valence-corrected chi connectivity index (χ1v) is 7.95. The molecule has 0 spiro atoms. The van der Waals surface area contributed by atoms with Crippen LogP contribution in [0.2, 0.25) is 5.02 Å². The second kappa shape index (κ2) is 5.97. The van der Waals surface area contributed by atoms with Gasteiger partial charge in [0.25, 0.3) is 10.0 Å². The zero-order valence-electron chi connectivity index (χ0n) is 10.5. The number of nitrogens with one attached hydrogen (secondary N) is 1. The average Bonchev–Trinajstić information content (AvgIpc) is 2.41. The third-order valence-corrected chi connectivity index (χ3v) is 4.69. The Labute approximate surface area is 131 Å². The predicted octanol–water partition coefficient (Wildman–Crippen LogP) is 2.91. The minimum absolute atomic E-state index is 0.0404. The molecule has 0 aromatic heterocycles. The van der Waals surface area contributed by atoms with E-state index in [2.05, 4.69) is 4.72 Å². The molecule has 3 N–H and O–H groups in total. The van der Waals surface area contributed by atoms with E-state index in [1.54, 1.807) is 18.2 Å². The molecule has 4 nitrogen and oxygen atoms in total. The lowest BCUT2D eigenvalue weighted by Gasteiger charge is -2.12. The number of nitrogens with two attached hydrogens (primary N) is 1. The molecular weight excluding hydrogens is 335 g/mol. The van der Waals surface area contributed by atoms with Crippen molar-refractivity contribution in [1.82, 2.24) is 0 Å². The van der Waals surface area contributed by atoms with E-state index in [-0.39, 0.29) is 20.6 Å². The fraction of sp³-hybridized carbons (Fsp3) is 0. The monoisotopic (exact) mass is 344 g/mol. The molecule has 0 fully saturated rings. The Morgan fingerprint density at radius 2 is 1.90 bits per heavy atom. The van der Waals surface area contributed by atoms with Crippen molar-refractivity contribution < 1.29 is 12.8 Å². The molecule has 110 valence electrons. The summed E-state index contributed by atoms with van der Waals surface area (Å²) < 4.78 is 40.1. The summed E-state index contributed by atoms with van der Waals surface area (Å²) in [6.07, 6.45) is 0. The first-order chi connectivity index (χ1) is 9.81. The number of anilines is 1. The molecule has 2 aromatic carbocycles. The SMILES string of the molecule is NC(=S)c1ccccc1NS(=O)(=O)c1cc(F)ccc1Cl. The van der Waals surface area contributed by atoms with Crippen LogP contribution in [-0.2, 0) is 10.0 Å². The molecule has 0 aliphatic carbocycles. The van der Waals surface area contributed by atoms with Gasteiger partial charge >= 0.3 is 0 Å². The number of halogens is 2. The summed E-state index contributed by atoms with van der Waals surface area (Å²) >= 11 is 10.7. The van der Waals surface area contributed by atoms with E-state index in [0.29, 0.717) is 5.56 Å². The molecular formula is C13H10ClFN2O2S2. The molecule has 21 heavy (non-hydrogen) atoms. The maximum absolute atomic E-state index is 13.2. The van der Waals surface area contributed by atoms with Gasteiger partial charge in [0, 0.05) is 5.56 Å². The number of sulfonamides is 1. The molecule has 0 saturated carbocycles. The van der Waals surface area contributed by atoms with Gasteiger partial charge in [0.2, 0.25) is 0 Å². The van der Waals surface area contributed by atoms with Crippen molar-refractivity contribution in [1.29, 1.82) is 0 Å². The number of benzene rings is 2. The van der Waals surface area contributed by atoms with Crippen LogP contribution in [0, 0.1) is 5.82 Å². The summed E-state index contributed by atoms with van der Waals surface area (Å²) in [6, 6.07) is 9.45. The Morgan fingerprint density at radius 1 is 1.24 bits per heavy atom. The molecule has 0 heterocycles. The molecule has 0 atom stereocenters. The lowest BCUT2D eigenvalue weighted by atomic mass is 10.2.